The average Bonchev–Trinajstić information content (AvgIpc) is 2.46. The van der Waals surface area contributed by atoms with Crippen molar-refractivity contribution in [1.29, 1.82) is 0 Å². The third-order valence-electron chi connectivity index (χ3n) is 2.81. The maximum absolute atomic E-state index is 11.4. The molecule has 21 heavy (non-hydrogen) atoms. The van der Waals surface area contributed by atoms with Gasteiger partial charge >= 0.3 is 0 Å². The molecule has 0 aromatic carbocycles. The van der Waals surface area contributed by atoms with E-state index in [0.29, 0.717) is 38.9 Å². The number of azide groups is 2. The van der Waals surface area contributed by atoms with Crippen LogP contribution in [-0.2, 0) is 14.3 Å². The van der Waals surface area contributed by atoms with Crippen LogP contribution in [0.3, 0.4) is 0 Å². The van der Waals surface area contributed by atoms with Crippen LogP contribution in [0.2, 0.25) is 0 Å². The van der Waals surface area contributed by atoms with E-state index in [1.54, 1.807) is 13.8 Å². The highest BCUT2D eigenvalue weighted by atomic mass is 16.5. The standard InChI is InChI=1S/C12H20N6O3/c1-9(15-17-13)11(19)5-3-7-21-8-4-6-12(20)10(2)16-18-14/h9-10H,3-8H2,1-2H3. The summed E-state index contributed by atoms with van der Waals surface area (Å²) in [6.07, 6.45) is 1.69. The fourth-order valence-electron chi connectivity index (χ4n) is 1.50. The monoisotopic (exact) mass is 296 g/mol. The molecule has 2 unspecified atom stereocenters. The van der Waals surface area contributed by atoms with Gasteiger partial charge in [0.15, 0.2) is 0 Å². The molecule has 0 amide bonds. The van der Waals surface area contributed by atoms with Crippen LogP contribution in [0.5, 0.6) is 0 Å². The minimum atomic E-state index is -0.644. The van der Waals surface area contributed by atoms with Crippen molar-refractivity contribution in [2.75, 3.05) is 13.2 Å². The molecule has 9 heteroatoms. The Morgan fingerprint density at radius 3 is 1.67 bits per heavy atom. The van der Waals surface area contributed by atoms with Gasteiger partial charge in [0.2, 0.25) is 0 Å². The summed E-state index contributed by atoms with van der Waals surface area (Å²) in [4.78, 5) is 28.0. The molecule has 0 N–H and O–H groups in total. The van der Waals surface area contributed by atoms with Gasteiger partial charge < -0.3 is 4.74 Å². The van der Waals surface area contributed by atoms with Crippen LogP contribution in [0.15, 0.2) is 10.2 Å². The smallest absolute Gasteiger partial charge is 0.141 e. The zero-order chi connectivity index (χ0) is 16.1. The fourth-order valence-corrected chi connectivity index (χ4v) is 1.50. The molecule has 0 fully saturated rings. The highest BCUT2D eigenvalue weighted by Crippen LogP contribution is 2.03. The largest absolute Gasteiger partial charge is 0.381 e. The Morgan fingerprint density at radius 2 is 1.33 bits per heavy atom. The zero-order valence-electron chi connectivity index (χ0n) is 12.3. The Bertz CT molecular complexity index is 400. The summed E-state index contributed by atoms with van der Waals surface area (Å²) < 4.78 is 5.30. The van der Waals surface area contributed by atoms with Gasteiger partial charge in [-0.2, -0.15) is 0 Å². The van der Waals surface area contributed by atoms with Gasteiger partial charge in [0, 0.05) is 35.9 Å². The summed E-state index contributed by atoms with van der Waals surface area (Å²) in [6, 6.07) is -1.29. The van der Waals surface area contributed by atoms with Crippen molar-refractivity contribution < 1.29 is 14.3 Å². The van der Waals surface area contributed by atoms with Crippen LogP contribution in [0, 0.1) is 0 Å². The van der Waals surface area contributed by atoms with Crippen LogP contribution in [0.1, 0.15) is 39.5 Å². The summed E-state index contributed by atoms with van der Waals surface area (Å²) in [6.45, 7) is 3.93. The molecule has 9 nitrogen and oxygen atoms in total. The Hall–Kier alpha value is -2.08. The minimum absolute atomic E-state index is 0.116. The molecular formula is C12H20N6O3. The van der Waals surface area contributed by atoms with E-state index in [2.05, 4.69) is 20.1 Å². The number of hydrogen-bond acceptors (Lipinski definition) is 5. The van der Waals surface area contributed by atoms with Crippen molar-refractivity contribution in [1.82, 2.24) is 0 Å². The molecule has 0 saturated carbocycles. The van der Waals surface area contributed by atoms with Crippen molar-refractivity contribution in [3.8, 4) is 0 Å². The van der Waals surface area contributed by atoms with E-state index in [1.807, 2.05) is 0 Å². The lowest BCUT2D eigenvalue weighted by Crippen LogP contribution is -2.15. The Morgan fingerprint density at radius 1 is 0.952 bits per heavy atom. The maximum atomic E-state index is 11.4. The Labute approximate surface area is 122 Å². The van der Waals surface area contributed by atoms with E-state index in [0.717, 1.165) is 0 Å². The van der Waals surface area contributed by atoms with E-state index in [9.17, 15) is 9.59 Å². The molecule has 0 heterocycles. The number of Topliss-reactive ketones (excluding diaryl/α,β-unsaturated/α-hetero) is 2. The van der Waals surface area contributed by atoms with E-state index in [-0.39, 0.29) is 11.6 Å². The average molecular weight is 296 g/mol. The van der Waals surface area contributed by atoms with Crippen LogP contribution in [0.25, 0.3) is 20.9 Å². The van der Waals surface area contributed by atoms with Crippen LogP contribution >= 0.6 is 0 Å². The second kappa shape index (κ2) is 11.7. The van der Waals surface area contributed by atoms with E-state index in [1.165, 1.54) is 0 Å². The van der Waals surface area contributed by atoms with Gasteiger partial charge in [0.05, 0.1) is 12.1 Å². The first-order valence-corrected chi connectivity index (χ1v) is 6.74. The molecule has 0 aliphatic heterocycles. The normalized spacial score (nSPS) is 12.7. The molecule has 0 bridgehead atoms. The van der Waals surface area contributed by atoms with Crippen LogP contribution < -0.4 is 0 Å². The quantitative estimate of drug-likeness (QED) is 0.236. The summed E-state index contributed by atoms with van der Waals surface area (Å²) >= 11 is 0. The predicted molar refractivity (Wildman–Crippen MR) is 76.5 cm³/mol. The van der Waals surface area contributed by atoms with Gasteiger partial charge in [0.1, 0.15) is 11.6 Å². The van der Waals surface area contributed by atoms with Gasteiger partial charge in [0.25, 0.3) is 0 Å². The molecule has 0 aliphatic rings. The highest BCUT2D eigenvalue weighted by molar-refractivity contribution is 5.84. The van der Waals surface area contributed by atoms with E-state index in [4.69, 9.17) is 15.8 Å². The van der Waals surface area contributed by atoms with Crippen molar-refractivity contribution >= 4 is 11.6 Å². The second-order valence-corrected chi connectivity index (χ2v) is 4.51. The third-order valence-corrected chi connectivity index (χ3v) is 2.81. The first kappa shape index (κ1) is 18.9. The topological polar surface area (TPSA) is 141 Å². The summed E-state index contributed by atoms with van der Waals surface area (Å²) in [5.41, 5.74) is 16.4. The number of carbonyl (C=O) groups is 2. The fraction of sp³-hybridized carbons (Fsp3) is 0.833. The first-order valence-electron chi connectivity index (χ1n) is 6.74. The number of ketones is 2. The van der Waals surface area contributed by atoms with Gasteiger partial charge in [-0.3, -0.25) is 9.59 Å². The van der Waals surface area contributed by atoms with E-state index >= 15 is 0 Å². The van der Waals surface area contributed by atoms with Gasteiger partial charge in [-0.25, -0.2) is 0 Å². The van der Waals surface area contributed by atoms with Crippen molar-refractivity contribution in [2.24, 2.45) is 10.2 Å². The van der Waals surface area contributed by atoms with Gasteiger partial charge in [-0.1, -0.05) is 10.2 Å². The zero-order valence-corrected chi connectivity index (χ0v) is 12.3. The van der Waals surface area contributed by atoms with Crippen molar-refractivity contribution in [3.05, 3.63) is 20.9 Å². The molecule has 0 aromatic rings. The molecule has 0 radical (unpaired) electrons. The van der Waals surface area contributed by atoms with Crippen molar-refractivity contribution in [3.63, 3.8) is 0 Å². The summed E-state index contributed by atoms with van der Waals surface area (Å²) in [5, 5.41) is 6.64. The molecular weight excluding hydrogens is 276 g/mol. The number of ether oxygens (including phenoxy) is 1. The molecule has 2 atom stereocenters. The number of rotatable bonds is 12. The summed E-state index contributed by atoms with van der Waals surface area (Å²) in [5.74, 6) is -0.232. The Balaban J connectivity index is 3.61. The van der Waals surface area contributed by atoms with Crippen LogP contribution in [0.4, 0.5) is 0 Å². The second-order valence-electron chi connectivity index (χ2n) is 4.51. The first-order chi connectivity index (χ1) is 10.0. The lowest BCUT2D eigenvalue weighted by Gasteiger charge is -2.06. The molecule has 0 rings (SSSR count). The van der Waals surface area contributed by atoms with Gasteiger partial charge in [-0.05, 0) is 37.8 Å². The molecule has 0 spiro atoms. The number of nitrogens with zero attached hydrogens (tertiary/aromatic N) is 6. The maximum Gasteiger partial charge on any atom is 0.141 e. The third kappa shape index (κ3) is 9.45. The Kier molecular flexibility index (Phi) is 10.6. The van der Waals surface area contributed by atoms with Gasteiger partial charge in [-0.15, -0.1) is 0 Å². The highest BCUT2D eigenvalue weighted by Gasteiger charge is 2.11. The lowest BCUT2D eigenvalue weighted by atomic mass is 10.1. The predicted octanol–water partition coefficient (Wildman–Crippen LogP) is 3.10. The molecule has 116 valence electrons. The lowest BCUT2D eigenvalue weighted by molar-refractivity contribution is -0.120. The minimum Gasteiger partial charge on any atom is -0.381 e. The summed E-state index contributed by atoms with van der Waals surface area (Å²) in [7, 11) is 0. The van der Waals surface area contributed by atoms with E-state index < -0.39 is 12.1 Å². The van der Waals surface area contributed by atoms with Crippen LogP contribution in [-0.4, -0.2) is 36.9 Å². The molecule has 0 aliphatic carbocycles. The SMILES string of the molecule is CC(N=[N+]=[N-])C(=O)CCCOCCCC(=O)C(C)N=[N+]=[N-]. The number of carbonyl (C=O) groups excluding carboxylic acids is 2. The molecule has 0 saturated heterocycles. The molecule has 0 aromatic heterocycles. The number of hydrogen-bond donors (Lipinski definition) is 0. The van der Waals surface area contributed by atoms with Crippen molar-refractivity contribution in [2.45, 2.75) is 51.6 Å².